The topological polar surface area (TPSA) is 46.3 Å². The number of halogens is 1. The summed E-state index contributed by atoms with van der Waals surface area (Å²) in [6, 6.07) is 0.146. The van der Waals surface area contributed by atoms with Crippen molar-refractivity contribution in [3.05, 3.63) is 0 Å². The third-order valence-corrected chi connectivity index (χ3v) is 3.10. The Hall–Kier alpha value is -0.280. The summed E-state index contributed by atoms with van der Waals surface area (Å²) in [6.45, 7) is 6.76. The Morgan fingerprint density at radius 2 is 1.94 bits per heavy atom. The van der Waals surface area contributed by atoms with Crippen LogP contribution >= 0.6 is 12.4 Å². The minimum absolute atomic E-state index is 0. The molecule has 3 nitrogen and oxygen atoms in total. The predicted octanol–water partition coefficient (Wildman–Crippen LogP) is 2.43. The van der Waals surface area contributed by atoms with Crippen molar-refractivity contribution >= 4 is 18.3 Å². The number of nitrogens with two attached hydrogens (primary N) is 1. The molecule has 0 bridgehead atoms. The van der Waals surface area contributed by atoms with Crippen LogP contribution in [0, 0.1) is 5.92 Å². The maximum Gasteiger partial charge on any atom is 0.225 e. The lowest BCUT2D eigenvalue weighted by molar-refractivity contribution is -0.136. The van der Waals surface area contributed by atoms with Crippen LogP contribution in [0.2, 0.25) is 0 Å². The van der Waals surface area contributed by atoms with E-state index < -0.39 is 0 Å². The number of hydrogen-bond acceptors (Lipinski definition) is 2. The molecule has 0 aromatic carbocycles. The van der Waals surface area contributed by atoms with Crippen molar-refractivity contribution in [1.29, 1.82) is 0 Å². The van der Waals surface area contributed by atoms with E-state index in [1.807, 2.05) is 14.0 Å². The molecule has 0 aliphatic rings. The van der Waals surface area contributed by atoms with Crippen molar-refractivity contribution in [1.82, 2.24) is 4.90 Å². The normalized spacial score (nSPS) is 13.8. The van der Waals surface area contributed by atoms with Crippen LogP contribution in [-0.4, -0.2) is 30.4 Å². The van der Waals surface area contributed by atoms with E-state index in [2.05, 4.69) is 13.8 Å². The number of rotatable bonds is 7. The molecular weight excluding hydrogens is 224 g/mol. The molecule has 0 spiro atoms. The molecule has 0 radical (unpaired) electrons. The van der Waals surface area contributed by atoms with Gasteiger partial charge in [-0.1, -0.05) is 26.7 Å². The molecule has 98 valence electrons. The number of carbonyl (C=O) groups excluding carboxylic acids is 1. The first-order valence-electron chi connectivity index (χ1n) is 6.05. The number of amides is 1. The first-order valence-corrected chi connectivity index (χ1v) is 6.05. The van der Waals surface area contributed by atoms with Gasteiger partial charge in [-0.05, 0) is 19.8 Å². The highest BCUT2D eigenvalue weighted by Gasteiger charge is 2.22. The van der Waals surface area contributed by atoms with Crippen LogP contribution in [0.4, 0.5) is 0 Å². The number of unbranched alkanes of at least 4 members (excludes halogenated alkanes) is 1. The van der Waals surface area contributed by atoms with E-state index in [9.17, 15) is 4.79 Å². The van der Waals surface area contributed by atoms with E-state index in [0.717, 1.165) is 25.7 Å². The standard InChI is InChI=1S/C12H26N2O.ClH/c1-5-7-8-11(6-2)12(15)14(4)10(3)9-13;/h10-11H,5-9,13H2,1-4H3;1H. The van der Waals surface area contributed by atoms with Gasteiger partial charge in [0.25, 0.3) is 0 Å². The Morgan fingerprint density at radius 1 is 1.38 bits per heavy atom. The van der Waals surface area contributed by atoms with Gasteiger partial charge in [0.15, 0.2) is 0 Å². The molecule has 0 aliphatic carbocycles. The molecule has 16 heavy (non-hydrogen) atoms. The summed E-state index contributed by atoms with van der Waals surface area (Å²) >= 11 is 0. The fourth-order valence-corrected chi connectivity index (χ4v) is 1.62. The van der Waals surface area contributed by atoms with Crippen molar-refractivity contribution in [2.45, 2.75) is 52.5 Å². The van der Waals surface area contributed by atoms with Crippen molar-refractivity contribution in [3.8, 4) is 0 Å². The van der Waals surface area contributed by atoms with E-state index in [1.165, 1.54) is 0 Å². The van der Waals surface area contributed by atoms with E-state index in [-0.39, 0.29) is 30.3 Å². The number of likely N-dealkylation sites (N-methyl/N-ethyl adjacent to an activating group) is 1. The summed E-state index contributed by atoms with van der Waals surface area (Å²) in [5, 5.41) is 0. The second kappa shape index (κ2) is 9.91. The molecule has 2 N–H and O–H groups in total. The molecule has 0 aliphatic heterocycles. The summed E-state index contributed by atoms with van der Waals surface area (Å²) in [6.07, 6.45) is 4.23. The van der Waals surface area contributed by atoms with Gasteiger partial charge in [0.1, 0.15) is 0 Å². The van der Waals surface area contributed by atoms with Crippen molar-refractivity contribution in [2.24, 2.45) is 11.7 Å². The maximum atomic E-state index is 12.1. The zero-order valence-electron chi connectivity index (χ0n) is 11.0. The average Bonchev–Trinajstić information content (AvgIpc) is 2.27. The fourth-order valence-electron chi connectivity index (χ4n) is 1.62. The SMILES string of the molecule is CCCCC(CC)C(=O)N(C)C(C)CN.Cl. The molecule has 2 atom stereocenters. The fraction of sp³-hybridized carbons (Fsp3) is 0.917. The summed E-state index contributed by atoms with van der Waals surface area (Å²) in [5.41, 5.74) is 5.56. The zero-order valence-corrected chi connectivity index (χ0v) is 11.8. The molecule has 0 saturated heterocycles. The molecule has 0 heterocycles. The summed E-state index contributed by atoms with van der Waals surface area (Å²) in [5.74, 6) is 0.438. The Morgan fingerprint density at radius 3 is 2.31 bits per heavy atom. The first-order chi connectivity index (χ1) is 7.08. The molecule has 4 heteroatoms. The van der Waals surface area contributed by atoms with Crippen LogP contribution in [0.25, 0.3) is 0 Å². The van der Waals surface area contributed by atoms with Gasteiger partial charge in [0.2, 0.25) is 5.91 Å². The van der Waals surface area contributed by atoms with Crippen LogP contribution in [0.5, 0.6) is 0 Å². The minimum Gasteiger partial charge on any atom is -0.342 e. The van der Waals surface area contributed by atoms with E-state index in [4.69, 9.17) is 5.73 Å². The Kier molecular flexibility index (Phi) is 11.2. The molecule has 1 amide bonds. The molecule has 2 unspecified atom stereocenters. The Labute approximate surface area is 106 Å². The first kappa shape index (κ1) is 18.1. The summed E-state index contributed by atoms with van der Waals surface area (Å²) in [7, 11) is 1.86. The Balaban J connectivity index is 0. The largest absolute Gasteiger partial charge is 0.342 e. The van der Waals surface area contributed by atoms with Gasteiger partial charge in [-0.15, -0.1) is 12.4 Å². The predicted molar refractivity (Wildman–Crippen MR) is 71.8 cm³/mol. The molecule has 0 rings (SSSR count). The van der Waals surface area contributed by atoms with Gasteiger partial charge >= 0.3 is 0 Å². The van der Waals surface area contributed by atoms with Crippen molar-refractivity contribution < 1.29 is 4.79 Å². The summed E-state index contributed by atoms with van der Waals surface area (Å²) < 4.78 is 0. The molecule has 0 aromatic heterocycles. The second-order valence-corrected chi connectivity index (χ2v) is 4.28. The van der Waals surface area contributed by atoms with Crippen molar-refractivity contribution in [3.63, 3.8) is 0 Å². The molecule has 0 fully saturated rings. The van der Waals surface area contributed by atoms with E-state index >= 15 is 0 Å². The van der Waals surface area contributed by atoms with Crippen LogP contribution in [0.3, 0.4) is 0 Å². The quantitative estimate of drug-likeness (QED) is 0.755. The third kappa shape index (κ3) is 5.71. The highest BCUT2D eigenvalue weighted by atomic mass is 35.5. The van der Waals surface area contributed by atoms with Gasteiger partial charge in [0.05, 0.1) is 0 Å². The second-order valence-electron chi connectivity index (χ2n) is 4.28. The maximum absolute atomic E-state index is 12.1. The molecular formula is C12H27ClN2O. The zero-order chi connectivity index (χ0) is 11.8. The van der Waals surface area contributed by atoms with Gasteiger partial charge in [-0.3, -0.25) is 4.79 Å². The lowest BCUT2D eigenvalue weighted by Gasteiger charge is -2.27. The monoisotopic (exact) mass is 250 g/mol. The van der Waals surface area contributed by atoms with E-state index in [1.54, 1.807) is 4.90 Å². The lowest BCUT2D eigenvalue weighted by atomic mass is 9.97. The third-order valence-electron chi connectivity index (χ3n) is 3.10. The smallest absolute Gasteiger partial charge is 0.225 e. The average molecular weight is 251 g/mol. The number of nitrogens with zero attached hydrogens (tertiary/aromatic N) is 1. The number of hydrogen-bond donors (Lipinski definition) is 1. The van der Waals surface area contributed by atoms with E-state index in [0.29, 0.717) is 6.54 Å². The van der Waals surface area contributed by atoms with Crippen LogP contribution in [-0.2, 0) is 4.79 Å². The Bertz CT molecular complexity index is 188. The molecule has 0 aromatic rings. The minimum atomic E-state index is 0. The lowest BCUT2D eigenvalue weighted by Crippen LogP contribution is -2.42. The van der Waals surface area contributed by atoms with Gasteiger partial charge in [-0.2, -0.15) is 0 Å². The highest BCUT2D eigenvalue weighted by Crippen LogP contribution is 2.16. The van der Waals surface area contributed by atoms with Crippen LogP contribution < -0.4 is 5.73 Å². The van der Waals surface area contributed by atoms with Gasteiger partial charge < -0.3 is 10.6 Å². The van der Waals surface area contributed by atoms with Gasteiger partial charge in [-0.25, -0.2) is 0 Å². The van der Waals surface area contributed by atoms with Crippen LogP contribution in [0.15, 0.2) is 0 Å². The summed E-state index contributed by atoms with van der Waals surface area (Å²) in [4.78, 5) is 13.8. The highest BCUT2D eigenvalue weighted by molar-refractivity contribution is 5.85. The van der Waals surface area contributed by atoms with Gasteiger partial charge in [0, 0.05) is 25.6 Å². The van der Waals surface area contributed by atoms with Crippen LogP contribution in [0.1, 0.15) is 46.5 Å². The van der Waals surface area contributed by atoms with Crippen molar-refractivity contribution in [2.75, 3.05) is 13.6 Å². The molecule has 0 saturated carbocycles. The number of carbonyl (C=O) groups is 1.